The Balaban J connectivity index is 1.59. The van der Waals surface area contributed by atoms with Gasteiger partial charge in [-0.25, -0.2) is 5.48 Å². The van der Waals surface area contributed by atoms with Gasteiger partial charge in [0.2, 0.25) is 0 Å². The number of carbonyl (C=O) groups excluding carboxylic acids is 1. The van der Waals surface area contributed by atoms with Crippen LogP contribution in [0.25, 0.3) is 10.1 Å². The first kappa shape index (κ1) is 17.0. The zero-order valence-corrected chi connectivity index (χ0v) is 16.0. The number of carbonyl (C=O) groups is 1. The minimum absolute atomic E-state index is 0.420. The van der Waals surface area contributed by atoms with Gasteiger partial charge in [0.1, 0.15) is 0 Å². The van der Waals surface area contributed by atoms with E-state index in [1.807, 2.05) is 19.1 Å². The SMILES string of the molecule is Cc1c(C(=O)NO)sc2c1CN(Cc1sc3ccccc3c1Cl)CC2. The molecule has 0 radical (unpaired) electrons. The first-order chi connectivity index (χ1) is 12.1. The average Bonchev–Trinajstić information content (AvgIpc) is 3.13. The number of hydrogen-bond acceptors (Lipinski definition) is 5. The zero-order valence-electron chi connectivity index (χ0n) is 13.6. The van der Waals surface area contributed by atoms with Crippen LogP contribution in [0.1, 0.15) is 30.6 Å². The van der Waals surface area contributed by atoms with Crippen molar-refractivity contribution in [1.29, 1.82) is 0 Å². The van der Waals surface area contributed by atoms with Crippen molar-refractivity contribution in [2.24, 2.45) is 0 Å². The average molecular weight is 393 g/mol. The molecule has 0 saturated carbocycles. The van der Waals surface area contributed by atoms with Crippen LogP contribution in [0, 0.1) is 6.92 Å². The fraction of sp³-hybridized carbons (Fsp3) is 0.278. The lowest BCUT2D eigenvalue weighted by Gasteiger charge is -2.27. The summed E-state index contributed by atoms with van der Waals surface area (Å²) in [4.78, 5) is 17.2. The molecule has 1 amide bonds. The predicted molar refractivity (Wildman–Crippen MR) is 103 cm³/mol. The number of halogens is 1. The minimum atomic E-state index is -0.420. The third-order valence-electron chi connectivity index (χ3n) is 4.67. The Morgan fingerprint density at radius 3 is 2.92 bits per heavy atom. The Morgan fingerprint density at radius 1 is 1.36 bits per heavy atom. The van der Waals surface area contributed by atoms with Crippen molar-refractivity contribution in [3.05, 3.63) is 55.0 Å². The summed E-state index contributed by atoms with van der Waals surface area (Å²) in [6.45, 7) is 4.52. The number of nitrogens with zero attached hydrogens (tertiary/aromatic N) is 1. The van der Waals surface area contributed by atoms with E-state index in [2.05, 4.69) is 17.0 Å². The molecule has 0 unspecified atom stereocenters. The van der Waals surface area contributed by atoms with E-state index in [4.69, 9.17) is 16.8 Å². The molecule has 0 aliphatic carbocycles. The molecule has 130 valence electrons. The Kier molecular flexibility index (Phi) is 4.56. The van der Waals surface area contributed by atoms with Gasteiger partial charge in [-0.1, -0.05) is 29.8 Å². The van der Waals surface area contributed by atoms with Crippen LogP contribution in [0.3, 0.4) is 0 Å². The highest BCUT2D eigenvalue weighted by molar-refractivity contribution is 7.19. The third-order valence-corrected chi connectivity index (χ3v) is 7.76. The van der Waals surface area contributed by atoms with Crippen LogP contribution in [0.5, 0.6) is 0 Å². The second-order valence-corrected chi connectivity index (χ2v) is 8.81. The van der Waals surface area contributed by atoms with Gasteiger partial charge in [-0.3, -0.25) is 14.9 Å². The molecule has 2 aromatic heterocycles. The fourth-order valence-corrected chi connectivity index (χ4v) is 6.08. The maximum absolute atomic E-state index is 11.8. The van der Waals surface area contributed by atoms with Crippen molar-refractivity contribution < 1.29 is 10.0 Å². The highest BCUT2D eigenvalue weighted by atomic mass is 35.5. The van der Waals surface area contributed by atoms with Crippen molar-refractivity contribution in [1.82, 2.24) is 10.4 Å². The number of nitrogens with one attached hydrogen (secondary N) is 1. The molecule has 0 bridgehead atoms. The van der Waals surface area contributed by atoms with Crippen molar-refractivity contribution in [2.75, 3.05) is 6.54 Å². The highest BCUT2D eigenvalue weighted by Crippen LogP contribution is 2.38. The van der Waals surface area contributed by atoms with Crippen LogP contribution >= 0.6 is 34.3 Å². The van der Waals surface area contributed by atoms with Crippen LogP contribution in [0.2, 0.25) is 5.02 Å². The van der Waals surface area contributed by atoms with Crippen molar-refractivity contribution in [2.45, 2.75) is 26.4 Å². The summed E-state index contributed by atoms with van der Waals surface area (Å²) >= 11 is 9.81. The molecule has 1 aliphatic rings. The topological polar surface area (TPSA) is 52.6 Å². The summed E-state index contributed by atoms with van der Waals surface area (Å²) in [6, 6.07) is 8.22. The molecule has 3 heterocycles. The van der Waals surface area contributed by atoms with Gasteiger partial charge in [-0.2, -0.15) is 0 Å². The molecule has 4 nitrogen and oxygen atoms in total. The lowest BCUT2D eigenvalue weighted by molar-refractivity contribution is 0.0710. The van der Waals surface area contributed by atoms with Crippen LogP contribution in [0.4, 0.5) is 0 Å². The highest BCUT2D eigenvalue weighted by Gasteiger charge is 2.26. The van der Waals surface area contributed by atoms with Crippen LogP contribution < -0.4 is 5.48 Å². The smallest absolute Gasteiger partial charge is 0.284 e. The summed E-state index contributed by atoms with van der Waals surface area (Å²) in [5.74, 6) is -0.420. The van der Waals surface area contributed by atoms with E-state index in [0.717, 1.165) is 42.0 Å². The molecule has 0 atom stereocenters. The second kappa shape index (κ2) is 6.70. The number of benzene rings is 1. The van der Waals surface area contributed by atoms with E-state index in [1.54, 1.807) is 16.8 Å². The minimum Gasteiger partial charge on any atom is -0.294 e. The third kappa shape index (κ3) is 2.98. The van der Waals surface area contributed by atoms with Crippen molar-refractivity contribution in [3.63, 3.8) is 0 Å². The summed E-state index contributed by atoms with van der Waals surface area (Å²) < 4.78 is 1.22. The lowest BCUT2D eigenvalue weighted by Crippen LogP contribution is -2.29. The van der Waals surface area contributed by atoms with Gasteiger partial charge >= 0.3 is 0 Å². The molecule has 1 aromatic carbocycles. The Morgan fingerprint density at radius 2 is 2.16 bits per heavy atom. The number of amides is 1. The van der Waals surface area contributed by atoms with E-state index in [1.165, 1.54) is 31.4 Å². The lowest BCUT2D eigenvalue weighted by atomic mass is 10.0. The van der Waals surface area contributed by atoms with Crippen molar-refractivity contribution >= 4 is 50.3 Å². The summed E-state index contributed by atoms with van der Waals surface area (Å²) in [5.41, 5.74) is 3.93. The van der Waals surface area contributed by atoms with E-state index >= 15 is 0 Å². The molecule has 3 aromatic rings. The molecule has 0 saturated heterocycles. The normalized spacial score (nSPS) is 14.7. The van der Waals surface area contributed by atoms with E-state index in [9.17, 15) is 4.79 Å². The zero-order chi connectivity index (χ0) is 17.6. The number of hydrogen-bond donors (Lipinski definition) is 2. The largest absolute Gasteiger partial charge is 0.294 e. The van der Waals surface area contributed by atoms with Gasteiger partial charge in [0.05, 0.1) is 9.90 Å². The summed E-state index contributed by atoms with van der Waals surface area (Å²) in [7, 11) is 0. The van der Waals surface area contributed by atoms with Gasteiger partial charge in [0.15, 0.2) is 0 Å². The summed E-state index contributed by atoms with van der Waals surface area (Å²) in [5, 5.41) is 10.9. The van der Waals surface area contributed by atoms with Gasteiger partial charge in [0.25, 0.3) is 5.91 Å². The van der Waals surface area contributed by atoms with Gasteiger partial charge in [-0.15, -0.1) is 22.7 Å². The first-order valence-corrected chi connectivity index (χ1v) is 10.0. The van der Waals surface area contributed by atoms with Crippen LogP contribution in [-0.2, 0) is 19.5 Å². The molecular weight excluding hydrogens is 376 g/mol. The molecule has 4 rings (SSSR count). The van der Waals surface area contributed by atoms with Crippen LogP contribution in [0.15, 0.2) is 24.3 Å². The molecule has 25 heavy (non-hydrogen) atoms. The maximum Gasteiger partial charge on any atom is 0.284 e. The van der Waals surface area contributed by atoms with Gasteiger partial charge in [0, 0.05) is 39.5 Å². The Hall–Kier alpha value is -1.44. The molecule has 7 heteroatoms. The number of thiophene rings is 2. The second-order valence-electron chi connectivity index (χ2n) is 6.19. The molecule has 2 N–H and O–H groups in total. The first-order valence-electron chi connectivity index (χ1n) is 8.02. The number of fused-ring (bicyclic) bond motifs is 2. The molecule has 0 spiro atoms. The molecule has 0 fully saturated rings. The van der Waals surface area contributed by atoms with Crippen LogP contribution in [-0.4, -0.2) is 22.6 Å². The maximum atomic E-state index is 11.8. The Bertz CT molecular complexity index is 964. The van der Waals surface area contributed by atoms with Gasteiger partial charge < -0.3 is 0 Å². The monoisotopic (exact) mass is 392 g/mol. The quantitative estimate of drug-likeness (QED) is 0.505. The Labute approximate surface area is 158 Å². The molecule has 1 aliphatic heterocycles. The van der Waals surface area contributed by atoms with E-state index < -0.39 is 5.91 Å². The fourth-order valence-electron chi connectivity index (χ4n) is 3.35. The summed E-state index contributed by atoms with van der Waals surface area (Å²) in [6.07, 6.45) is 0.919. The van der Waals surface area contributed by atoms with Gasteiger partial charge in [-0.05, 0) is 30.5 Å². The number of rotatable bonds is 3. The predicted octanol–water partition coefficient (Wildman–Crippen LogP) is 4.60. The number of hydroxylamine groups is 1. The van der Waals surface area contributed by atoms with E-state index in [0.29, 0.717) is 4.88 Å². The molecular formula is C18H17ClN2O2S2. The van der Waals surface area contributed by atoms with E-state index in [-0.39, 0.29) is 0 Å². The standard InChI is InChI=1S/C18H17ClN2O2S2/c1-10-12-8-21(7-6-14(12)25-17(10)18(22)20-23)9-15-16(19)11-4-2-3-5-13(11)24-15/h2-5,23H,6-9H2,1H3,(H,20,22). The van der Waals surface area contributed by atoms with Crippen molar-refractivity contribution in [3.8, 4) is 0 Å².